The van der Waals surface area contributed by atoms with Gasteiger partial charge in [-0.3, -0.25) is 9.59 Å². The fourth-order valence-corrected chi connectivity index (χ4v) is 3.14. The quantitative estimate of drug-likeness (QED) is 0.337. The lowest BCUT2D eigenvalue weighted by molar-refractivity contribution is -0.137. The molecule has 184 valence electrons. The maximum absolute atomic E-state index is 13.3. The van der Waals surface area contributed by atoms with Gasteiger partial charge >= 0.3 is 6.18 Å². The average Bonchev–Trinajstić information content (AvgIpc) is 2.82. The molecule has 0 saturated carbocycles. The first-order valence-corrected chi connectivity index (χ1v) is 10.8. The number of alkyl halides is 3. The molecule has 3 rings (SSSR count). The highest BCUT2D eigenvalue weighted by atomic mass is 19.4. The normalized spacial score (nSPS) is 11.9. The number of amides is 2. The number of carbonyl (C=O) groups is 2. The second kappa shape index (κ2) is 11.3. The number of benzene rings is 2. The zero-order valence-corrected chi connectivity index (χ0v) is 19.1. The van der Waals surface area contributed by atoms with E-state index in [1.807, 2.05) is 37.3 Å². The summed E-state index contributed by atoms with van der Waals surface area (Å²) in [5.41, 5.74) is 0.860. The van der Waals surface area contributed by atoms with Crippen LogP contribution in [0.5, 0.6) is 0 Å². The number of hydrogen-bond donors (Lipinski definition) is 4. The molecule has 2 amide bonds. The number of nitrogens with one attached hydrogen (secondary N) is 4. The zero-order chi connectivity index (χ0) is 25.4. The van der Waals surface area contributed by atoms with Crippen LogP contribution in [-0.4, -0.2) is 34.9 Å². The molecular weight excluding hydrogens is 461 g/mol. The molecule has 3 aromatic rings. The average molecular weight is 486 g/mol. The van der Waals surface area contributed by atoms with Gasteiger partial charge in [0.1, 0.15) is 11.4 Å². The minimum absolute atomic E-state index is 0.0460. The summed E-state index contributed by atoms with van der Waals surface area (Å²) < 4.78 is 39.9. The van der Waals surface area contributed by atoms with Crippen LogP contribution in [0.1, 0.15) is 41.4 Å². The molecule has 0 spiro atoms. The van der Waals surface area contributed by atoms with Gasteiger partial charge in [0.15, 0.2) is 0 Å². The maximum atomic E-state index is 13.3. The third kappa shape index (κ3) is 7.42. The summed E-state index contributed by atoms with van der Waals surface area (Å²) in [6.07, 6.45) is -3.97. The van der Waals surface area contributed by atoms with Crippen molar-refractivity contribution < 1.29 is 22.8 Å². The predicted octanol–water partition coefficient (Wildman–Crippen LogP) is 4.28. The molecule has 4 N–H and O–H groups in total. The number of aromatic nitrogens is 2. The Kier molecular flexibility index (Phi) is 8.24. The van der Waals surface area contributed by atoms with E-state index < -0.39 is 17.6 Å². The molecule has 0 aliphatic carbocycles. The first-order valence-electron chi connectivity index (χ1n) is 10.8. The molecule has 0 aliphatic heterocycles. The molecule has 1 aromatic heterocycles. The van der Waals surface area contributed by atoms with Gasteiger partial charge in [-0.2, -0.15) is 18.2 Å². The topological polar surface area (TPSA) is 108 Å². The Balaban J connectivity index is 1.67. The minimum Gasteiger partial charge on any atom is -0.368 e. The van der Waals surface area contributed by atoms with E-state index in [1.165, 1.54) is 6.92 Å². The van der Waals surface area contributed by atoms with Gasteiger partial charge in [0.2, 0.25) is 11.9 Å². The standard InChI is InChI=1S/C24H25F3N6O2/c1-15(17-6-4-3-5-7-17)31-22(35)18-8-10-19(11-9-18)32-23-30-14-20(24(25,26)27)21(33-23)29-13-12-28-16(2)34/h3-11,14-15H,12-13H2,1-2H3,(H,28,34)(H,31,35)(H2,29,30,32,33). The van der Waals surface area contributed by atoms with Crippen LogP contribution in [-0.2, 0) is 11.0 Å². The lowest BCUT2D eigenvalue weighted by Gasteiger charge is -2.15. The number of nitrogens with zero attached hydrogens (tertiary/aromatic N) is 2. The summed E-state index contributed by atoms with van der Waals surface area (Å²) >= 11 is 0. The van der Waals surface area contributed by atoms with E-state index in [-0.39, 0.29) is 36.9 Å². The predicted molar refractivity (Wildman–Crippen MR) is 126 cm³/mol. The Morgan fingerprint density at radius 1 is 1.00 bits per heavy atom. The highest BCUT2D eigenvalue weighted by molar-refractivity contribution is 5.94. The summed E-state index contributed by atoms with van der Waals surface area (Å²) in [5.74, 6) is -1.02. The van der Waals surface area contributed by atoms with Crippen molar-refractivity contribution in [2.75, 3.05) is 23.7 Å². The van der Waals surface area contributed by atoms with Crippen molar-refractivity contribution in [3.05, 3.63) is 77.5 Å². The molecule has 0 aliphatic rings. The van der Waals surface area contributed by atoms with E-state index in [0.29, 0.717) is 17.4 Å². The summed E-state index contributed by atoms with van der Waals surface area (Å²) in [6.45, 7) is 3.37. The molecule has 1 atom stereocenters. The Bertz CT molecular complexity index is 1150. The largest absolute Gasteiger partial charge is 0.421 e. The van der Waals surface area contributed by atoms with Gasteiger partial charge in [0.25, 0.3) is 5.91 Å². The lowest BCUT2D eigenvalue weighted by Crippen LogP contribution is -2.27. The van der Waals surface area contributed by atoms with E-state index >= 15 is 0 Å². The number of carbonyl (C=O) groups excluding carboxylic acids is 2. The molecule has 0 radical (unpaired) electrons. The van der Waals surface area contributed by atoms with Crippen molar-refractivity contribution >= 4 is 29.3 Å². The van der Waals surface area contributed by atoms with Crippen LogP contribution in [0.15, 0.2) is 60.8 Å². The number of rotatable bonds is 9. The third-order valence-corrected chi connectivity index (χ3v) is 4.94. The van der Waals surface area contributed by atoms with E-state index in [2.05, 4.69) is 31.2 Å². The van der Waals surface area contributed by atoms with Crippen LogP contribution in [0.3, 0.4) is 0 Å². The van der Waals surface area contributed by atoms with Crippen LogP contribution < -0.4 is 21.3 Å². The summed E-state index contributed by atoms with van der Waals surface area (Å²) in [5, 5.41) is 10.8. The Hall–Kier alpha value is -4.15. The molecule has 35 heavy (non-hydrogen) atoms. The third-order valence-electron chi connectivity index (χ3n) is 4.94. The second-order valence-corrected chi connectivity index (χ2v) is 7.67. The zero-order valence-electron chi connectivity index (χ0n) is 19.1. The highest BCUT2D eigenvalue weighted by Crippen LogP contribution is 2.34. The van der Waals surface area contributed by atoms with E-state index in [0.717, 1.165) is 5.56 Å². The Morgan fingerprint density at radius 3 is 2.31 bits per heavy atom. The van der Waals surface area contributed by atoms with Gasteiger partial charge in [-0.05, 0) is 36.8 Å². The minimum atomic E-state index is -4.65. The SMILES string of the molecule is CC(=O)NCCNc1nc(Nc2ccc(C(=O)NC(C)c3ccccc3)cc2)ncc1C(F)(F)F. The van der Waals surface area contributed by atoms with Gasteiger partial charge in [0.05, 0.1) is 6.04 Å². The molecule has 2 aromatic carbocycles. The van der Waals surface area contributed by atoms with Crippen molar-refractivity contribution in [2.45, 2.75) is 26.1 Å². The monoisotopic (exact) mass is 486 g/mol. The van der Waals surface area contributed by atoms with Crippen molar-refractivity contribution in [3.63, 3.8) is 0 Å². The van der Waals surface area contributed by atoms with Crippen LogP contribution in [0, 0.1) is 0 Å². The van der Waals surface area contributed by atoms with Crippen LogP contribution in [0.25, 0.3) is 0 Å². The fourth-order valence-electron chi connectivity index (χ4n) is 3.14. The number of hydrogen-bond acceptors (Lipinski definition) is 6. The van der Waals surface area contributed by atoms with Gasteiger partial charge in [-0.25, -0.2) is 4.98 Å². The molecule has 1 heterocycles. The first kappa shape index (κ1) is 25.5. The molecule has 8 nitrogen and oxygen atoms in total. The summed E-state index contributed by atoms with van der Waals surface area (Å²) in [4.78, 5) is 31.2. The second-order valence-electron chi connectivity index (χ2n) is 7.67. The smallest absolute Gasteiger partial charge is 0.368 e. The van der Waals surface area contributed by atoms with E-state index in [9.17, 15) is 22.8 Å². The van der Waals surface area contributed by atoms with Gasteiger partial charge < -0.3 is 21.3 Å². The maximum Gasteiger partial charge on any atom is 0.421 e. The molecular formula is C24H25F3N6O2. The number of halogens is 3. The first-order chi connectivity index (χ1) is 16.6. The Morgan fingerprint density at radius 2 is 1.69 bits per heavy atom. The van der Waals surface area contributed by atoms with Gasteiger partial charge in [-0.15, -0.1) is 0 Å². The van der Waals surface area contributed by atoms with Crippen molar-refractivity contribution in [3.8, 4) is 0 Å². The molecule has 0 bridgehead atoms. The van der Waals surface area contributed by atoms with Crippen LogP contribution in [0.4, 0.5) is 30.6 Å². The lowest BCUT2D eigenvalue weighted by atomic mass is 10.1. The Labute approximate surface area is 200 Å². The highest BCUT2D eigenvalue weighted by Gasteiger charge is 2.35. The van der Waals surface area contributed by atoms with E-state index in [4.69, 9.17) is 0 Å². The number of anilines is 3. The summed E-state index contributed by atoms with van der Waals surface area (Å²) in [6, 6.07) is 15.7. The molecule has 0 fully saturated rings. The fraction of sp³-hybridized carbons (Fsp3) is 0.250. The van der Waals surface area contributed by atoms with Crippen LogP contribution in [0.2, 0.25) is 0 Å². The van der Waals surface area contributed by atoms with E-state index in [1.54, 1.807) is 24.3 Å². The van der Waals surface area contributed by atoms with Gasteiger partial charge in [0, 0.05) is 37.5 Å². The van der Waals surface area contributed by atoms with Crippen molar-refractivity contribution in [2.24, 2.45) is 0 Å². The summed E-state index contributed by atoms with van der Waals surface area (Å²) in [7, 11) is 0. The molecule has 0 saturated heterocycles. The van der Waals surface area contributed by atoms with Crippen molar-refractivity contribution in [1.82, 2.24) is 20.6 Å². The van der Waals surface area contributed by atoms with Crippen LogP contribution >= 0.6 is 0 Å². The van der Waals surface area contributed by atoms with Gasteiger partial charge in [-0.1, -0.05) is 30.3 Å². The molecule has 11 heteroatoms. The molecule has 1 unspecified atom stereocenters. The van der Waals surface area contributed by atoms with Crippen molar-refractivity contribution in [1.29, 1.82) is 0 Å².